The van der Waals surface area contributed by atoms with Crippen molar-refractivity contribution in [2.24, 2.45) is 17.8 Å². The monoisotopic (exact) mass is 376 g/mol. The molecule has 27 heavy (non-hydrogen) atoms. The predicted molar refractivity (Wildman–Crippen MR) is 107 cm³/mol. The lowest BCUT2D eigenvalue weighted by molar-refractivity contribution is 0.156. The summed E-state index contributed by atoms with van der Waals surface area (Å²) in [5.41, 5.74) is 0.793. The Labute approximate surface area is 163 Å². The maximum atomic E-state index is 14.3. The number of ether oxygens (including phenoxy) is 1. The molecule has 0 amide bonds. The van der Waals surface area contributed by atoms with Crippen molar-refractivity contribution >= 4 is 0 Å². The van der Waals surface area contributed by atoms with Crippen LogP contribution in [-0.4, -0.2) is 6.61 Å². The Morgan fingerprint density at radius 3 is 2.04 bits per heavy atom. The lowest BCUT2D eigenvalue weighted by Gasteiger charge is -2.38. The number of hydrogen-bond donors (Lipinski definition) is 0. The molecule has 150 valence electrons. The average molecular weight is 377 g/mol. The zero-order chi connectivity index (χ0) is 19.2. The van der Waals surface area contributed by atoms with Crippen LogP contribution in [0, 0.1) is 29.4 Å². The Balaban J connectivity index is 1.54. The van der Waals surface area contributed by atoms with Gasteiger partial charge in [0.05, 0.1) is 0 Å². The molecule has 0 aliphatic heterocycles. The first-order valence-corrected chi connectivity index (χ1v) is 10.8. The second-order valence-corrected chi connectivity index (χ2v) is 8.59. The molecule has 0 radical (unpaired) electrons. The fraction of sp³-hybridized carbons (Fsp3) is 0.667. The third kappa shape index (κ3) is 5.12. The van der Waals surface area contributed by atoms with E-state index in [2.05, 4.69) is 13.5 Å². The highest BCUT2D eigenvalue weighted by Crippen LogP contribution is 2.45. The molecule has 3 rings (SSSR count). The van der Waals surface area contributed by atoms with Crippen molar-refractivity contribution in [2.75, 3.05) is 6.61 Å². The van der Waals surface area contributed by atoms with E-state index in [1.54, 1.807) is 0 Å². The normalized spacial score (nSPS) is 28.7. The van der Waals surface area contributed by atoms with Crippen LogP contribution in [0.2, 0.25) is 0 Å². The maximum Gasteiger partial charge on any atom is 0.191 e. The van der Waals surface area contributed by atoms with E-state index in [9.17, 15) is 8.78 Å². The Kier molecular flexibility index (Phi) is 7.32. The summed E-state index contributed by atoms with van der Waals surface area (Å²) in [7, 11) is 0. The fourth-order valence-electron chi connectivity index (χ4n) is 5.38. The molecule has 3 heteroatoms. The van der Waals surface area contributed by atoms with Gasteiger partial charge < -0.3 is 4.74 Å². The standard InChI is InChI=1S/C24H34F2O/c1-3-5-17-6-8-18(9-7-17)19-10-12-20(13-11-19)21-15-22(25)24(23(26)16-21)27-14-4-2/h4,15-20H,2-3,5-14H2,1H3/t17-,18-,19?,20?. The number of benzene rings is 1. The second-order valence-electron chi connectivity index (χ2n) is 8.59. The molecule has 0 spiro atoms. The van der Waals surface area contributed by atoms with Gasteiger partial charge in [-0.1, -0.05) is 45.3 Å². The van der Waals surface area contributed by atoms with Crippen molar-refractivity contribution in [1.29, 1.82) is 0 Å². The first kappa shape index (κ1) is 20.4. The quantitative estimate of drug-likeness (QED) is 0.450. The van der Waals surface area contributed by atoms with Gasteiger partial charge in [0, 0.05) is 0 Å². The van der Waals surface area contributed by atoms with Crippen LogP contribution in [0.3, 0.4) is 0 Å². The molecule has 0 bridgehead atoms. The molecule has 1 aromatic carbocycles. The van der Waals surface area contributed by atoms with Crippen LogP contribution in [0.4, 0.5) is 8.78 Å². The SMILES string of the molecule is C=CCOc1c(F)cc(C2CCC([C@H]3CC[C@H](CCC)CC3)CC2)cc1F. The Bertz CT molecular complexity index is 588. The van der Waals surface area contributed by atoms with Crippen molar-refractivity contribution in [3.63, 3.8) is 0 Å². The largest absolute Gasteiger partial charge is 0.483 e. The highest BCUT2D eigenvalue weighted by Gasteiger charge is 2.31. The summed E-state index contributed by atoms with van der Waals surface area (Å²) in [4.78, 5) is 0. The summed E-state index contributed by atoms with van der Waals surface area (Å²) in [6.45, 7) is 5.91. The molecule has 0 heterocycles. The zero-order valence-corrected chi connectivity index (χ0v) is 16.7. The lowest BCUT2D eigenvalue weighted by Crippen LogP contribution is -2.25. The third-order valence-corrected chi connectivity index (χ3v) is 6.86. The van der Waals surface area contributed by atoms with E-state index in [1.165, 1.54) is 69.6 Å². The van der Waals surface area contributed by atoms with E-state index in [0.717, 1.165) is 36.2 Å². The van der Waals surface area contributed by atoms with Crippen LogP contribution < -0.4 is 4.74 Å². The van der Waals surface area contributed by atoms with Gasteiger partial charge in [-0.05, 0) is 79.9 Å². The molecule has 0 N–H and O–H groups in total. The topological polar surface area (TPSA) is 9.23 Å². The first-order chi connectivity index (χ1) is 13.1. The summed E-state index contributed by atoms with van der Waals surface area (Å²) >= 11 is 0. The molecule has 2 saturated carbocycles. The molecular formula is C24H34F2O. The van der Waals surface area contributed by atoms with Crippen LogP contribution in [0.25, 0.3) is 0 Å². The fourth-order valence-corrected chi connectivity index (χ4v) is 5.38. The van der Waals surface area contributed by atoms with E-state index < -0.39 is 11.6 Å². The number of rotatable bonds is 7. The van der Waals surface area contributed by atoms with E-state index in [1.807, 2.05) is 0 Å². The highest BCUT2D eigenvalue weighted by molar-refractivity contribution is 5.33. The van der Waals surface area contributed by atoms with Gasteiger partial charge in [-0.15, -0.1) is 0 Å². The Hall–Kier alpha value is -1.38. The van der Waals surface area contributed by atoms with Crippen molar-refractivity contribution in [3.8, 4) is 5.75 Å². The van der Waals surface area contributed by atoms with Crippen molar-refractivity contribution in [3.05, 3.63) is 42.0 Å². The van der Waals surface area contributed by atoms with Crippen molar-refractivity contribution in [1.82, 2.24) is 0 Å². The van der Waals surface area contributed by atoms with Gasteiger partial charge in [0.1, 0.15) is 6.61 Å². The van der Waals surface area contributed by atoms with Gasteiger partial charge in [-0.3, -0.25) is 0 Å². The maximum absolute atomic E-state index is 14.3. The number of hydrogen-bond acceptors (Lipinski definition) is 1. The minimum atomic E-state index is -0.594. The molecule has 2 fully saturated rings. The minimum absolute atomic E-state index is 0.110. The molecule has 1 aromatic rings. The molecule has 0 unspecified atom stereocenters. The van der Waals surface area contributed by atoms with Crippen LogP contribution in [0.15, 0.2) is 24.8 Å². The van der Waals surface area contributed by atoms with Gasteiger partial charge in [0.15, 0.2) is 17.4 Å². The van der Waals surface area contributed by atoms with Crippen molar-refractivity contribution < 1.29 is 13.5 Å². The molecule has 0 atom stereocenters. The highest BCUT2D eigenvalue weighted by atomic mass is 19.1. The second kappa shape index (κ2) is 9.71. The third-order valence-electron chi connectivity index (χ3n) is 6.86. The van der Waals surface area contributed by atoms with Gasteiger partial charge in [0.25, 0.3) is 0 Å². The summed E-state index contributed by atoms with van der Waals surface area (Å²) in [6, 6.07) is 2.95. The van der Waals surface area contributed by atoms with Crippen LogP contribution in [0.1, 0.15) is 82.6 Å². The Morgan fingerprint density at radius 1 is 0.963 bits per heavy atom. The van der Waals surface area contributed by atoms with E-state index >= 15 is 0 Å². The molecule has 0 saturated heterocycles. The Morgan fingerprint density at radius 2 is 1.52 bits per heavy atom. The first-order valence-electron chi connectivity index (χ1n) is 10.8. The minimum Gasteiger partial charge on any atom is -0.483 e. The molecule has 1 nitrogen and oxygen atoms in total. The van der Waals surface area contributed by atoms with Crippen molar-refractivity contribution in [2.45, 2.75) is 77.0 Å². The van der Waals surface area contributed by atoms with Gasteiger partial charge in [-0.25, -0.2) is 8.78 Å². The van der Waals surface area contributed by atoms with Gasteiger partial charge in [0.2, 0.25) is 0 Å². The lowest BCUT2D eigenvalue weighted by atomic mass is 9.68. The van der Waals surface area contributed by atoms with Gasteiger partial charge >= 0.3 is 0 Å². The van der Waals surface area contributed by atoms with E-state index in [0.29, 0.717) is 0 Å². The predicted octanol–water partition coefficient (Wildman–Crippen LogP) is 7.41. The van der Waals surface area contributed by atoms with E-state index in [4.69, 9.17) is 4.74 Å². The smallest absolute Gasteiger partial charge is 0.191 e. The molecule has 2 aliphatic carbocycles. The van der Waals surface area contributed by atoms with Crippen LogP contribution >= 0.6 is 0 Å². The number of halogens is 2. The summed E-state index contributed by atoms with van der Waals surface area (Å²) < 4.78 is 33.6. The average Bonchev–Trinajstić information content (AvgIpc) is 2.68. The van der Waals surface area contributed by atoms with Gasteiger partial charge in [-0.2, -0.15) is 0 Å². The zero-order valence-electron chi connectivity index (χ0n) is 16.7. The van der Waals surface area contributed by atoms with Crippen LogP contribution in [-0.2, 0) is 0 Å². The summed E-state index contributed by atoms with van der Waals surface area (Å²) in [5.74, 6) is 1.45. The summed E-state index contributed by atoms with van der Waals surface area (Å²) in [5, 5.41) is 0. The van der Waals surface area contributed by atoms with E-state index in [-0.39, 0.29) is 18.3 Å². The summed E-state index contributed by atoms with van der Waals surface area (Å²) in [6.07, 6.45) is 14.3. The molecule has 2 aliphatic rings. The molecule has 0 aromatic heterocycles. The van der Waals surface area contributed by atoms with Crippen LogP contribution in [0.5, 0.6) is 5.75 Å². The molecular weight excluding hydrogens is 342 g/mol.